The van der Waals surface area contributed by atoms with Crippen LogP contribution in [-0.2, 0) is 0 Å². The minimum Gasteiger partial charge on any atom is -0.394 e. The van der Waals surface area contributed by atoms with Crippen molar-refractivity contribution in [2.45, 2.75) is 19.9 Å². The summed E-state index contributed by atoms with van der Waals surface area (Å²) in [5, 5.41) is 8.46. The van der Waals surface area contributed by atoms with E-state index in [0.29, 0.717) is 0 Å². The molecule has 0 bridgehead atoms. The third-order valence-corrected chi connectivity index (χ3v) is 0. The number of hydrogen-bond donors (Lipinski definition) is 1. The van der Waals surface area contributed by atoms with Gasteiger partial charge in [-0.3, -0.25) is 0 Å². The molecule has 0 radical (unpaired) electrons. The van der Waals surface area contributed by atoms with Crippen molar-refractivity contribution in [2.75, 3.05) is 0 Å². The molecule has 0 amide bonds. The Hall–Kier alpha value is -0.0400. The van der Waals surface area contributed by atoms with Gasteiger partial charge in [0.2, 0.25) is 0 Å². The summed E-state index contributed by atoms with van der Waals surface area (Å²) >= 11 is 0. The molecule has 1 atom stereocenters. The van der Waals surface area contributed by atoms with Gasteiger partial charge >= 0.3 is 0 Å². The maximum Gasteiger partial charge on any atom is 0.0594 e. The van der Waals surface area contributed by atoms with Gasteiger partial charge in [-0.25, -0.2) is 0 Å². The van der Waals surface area contributed by atoms with E-state index in [1.165, 1.54) is 0 Å². The van der Waals surface area contributed by atoms with Crippen LogP contribution in [0.15, 0.2) is 0 Å². The molecule has 26 valence electrons. The minimum atomic E-state index is -2.59. The first-order chi connectivity index (χ1) is 3.25. The van der Waals surface area contributed by atoms with E-state index in [1.807, 2.05) is 0 Å². The molecule has 0 saturated heterocycles. The fraction of sp³-hybridized carbons (Fsp3) is 1.00. The lowest BCUT2D eigenvalue weighted by Gasteiger charge is -1.80. The molecule has 0 aromatic heterocycles. The molecular formula is C3H8O. The summed E-state index contributed by atoms with van der Waals surface area (Å²) in [4.78, 5) is 0. The van der Waals surface area contributed by atoms with Crippen LogP contribution in [0.3, 0.4) is 0 Å². The van der Waals surface area contributed by atoms with Crippen LogP contribution >= 0.6 is 0 Å². The Morgan fingerprint density at radius 3 is 2.75 bits per heavy atom. The Morgan fingerprint density at radius 2 is 2.75 bits per heavy atom. The predicted molar refractivity (Wildman–Crippen MR) is 17.4 cm³/mol. The van der Waals surface area contributed by atoms with Gasteiger partial charge in [0.1, 0.15) is 0 Å². The molecule has 0 aliphatic carbocycles. The van der Waals surface area contributed by atoms with Gasteiger partial charge in [-0.2, -0.15) is 0 Å². The Bertz CT molecular complexity index is 66.3. The summed E-state index contributed by atoms with van der Waals surface area (Å²) in [5.41, 5.74) is 0. The lowest BCUT2D eigenvalue weighted by Crippen LogP contribution is -1.85. The van der Waals surface area contributed by atoms with Crippen LogP contribution in [0, 0.1) is 0 Å². The van der Waals surface area contributed by atoms with Crippen LogP contribution in [-0.4, -0.2) is 11.2 Å². The van der Waals surface area contributed by atoms with Gasteiger partial charge in [0.05, 0.1) is 1.37 Å². The van der Waals surface area contributed by atoms with Crippen molar-refractivity contribution in [1.29, 1.82) is 0 Å². The normalized spacial score (nSPS) is 41.5. The van der Waals surface area contributed by atoms with E-state index in [1.54, 1.807) is 0 Å². The van der Waals surface area contributed by atoms with Crippen LogP contribution < -0.4 is 0 Å². The molecule has 0 fully saturated rings. The summed E-state index contributed by atoms with van der Waals surface area (Å²) < 4.78 is 26.0. The van der Waals surface area contributed by atoms with E-state index in [9.17, 15) is 0 Å². The van der Waals surface area contributed by atoms with Crippen molar-refractivity contribution in [3.8, 4) is 0 Å². The third-order valence-electron chi connectivity index (χ3n) is 0. The smallest absolute Gasteiger partial charge is 0.0594 e. The number of rotatable bonds is 0. The fourth-order valence-electron chi connectivity index (χ4n) is 0. The first-order valence-corrected chi connectivity index (χ1v) is 0.974. The quantitative estimate of drug-likeness (QED) is 0.432. The Kier molecular flexibility index (Phi) is 0.232. The Balaban J connectivity index is 4.02. The highest BCUT2D eigenvalue weighted by molar-refractivity contribution is 4.20. The number of hydrogen-bond acceptors (Lipinski definition) is 1. The van der Waals surface area contributed by atoms with E-state index < -0.39 is 12.9 Å². The molecule has 4 heavy (non-hydrogen) atoms. The fourth-order valence-corrected chi connectivity index (χ4v) is 0. The van der Waals surface area contributed by atoms with Gasteiger partial charge in [0.25, 0.3) is 0 Å². The van der Waals surface area contributed by atoms with Crippen molar-refractivity contribution in [3.63, 3.8) is 0 Å². The van der Waals surface area contributed by atoms with Gasteiger partial charge < -0.3 is 5.11 Å². The van der Waals surface area contributed by atoms with Crippen LogP contribution in [0.4, 0.5) is 0 Å². The maximum absolute atomic E-state index is 8.46. The van der Waals surface area contributed by atoms with Crippen molar-refractivity contribution >= 4 is 0 Å². The molecule has 0 rings (SSSR count). The van der Waals surface area contributed by atoms with Crippen molar-refractivity contribution in [1.82, 2.24) is 0 Å². The van der Waals surface area contributed by atoms with Crippen molar-refractivity contribution in [2.24, 2.45) is 0 Å². The minimum absolute atomic E-state index is 0.931. The lowest BCUT2D eigenvalue weighted by atomic mass is 10.5. The topological polar surface area (TPSA) is 20.2 Å². The Morgan fingerprint density at radius 1 is 2.50 bits per heavy atom. The predicted octanol–water partition coefficient (Wildman–Crippen LogP) is 0.387. The zero-order valence-corrected chi connectivity index (χ0v) is 2.45. The van der Waals surface area contributed by atoms with Gasteiger partial charge in [-0.15, -0.1) is 0 Å². The summed E-state index contributed by atoms with van der Waals surface area (Å²) in [5.74, 6) is 0. The summed E-state index contributed by atoms with van der Waals surface area (Å²) in [6, 6.07) is 0. The van der Waals surface area contributed by atoms with E-state index in [-0.39, 0.29) is 0 Å². The van der Waals surface area contributed by atoms with E-state index in [0.717, 1.165) is 6.92 Å². The molecule has 0 saturated carbocycles. The second-order valence-corrected chi connectivity index (χ2v) is 0.585. The van der Waals surface area contributed by atoms with E-state index in [2.05, 4.69) is 0 Å². The first-order valence-electron chi connectivity index (χ1n) is 2.97. The molecule has 0 aliphatic rings. The molecule has 0 aromatic carbocycles. The second-order valence-electron chi connectivity index (χ2n) is 0.585. The average molecular weight is 64.1 g/mol. The Labute approximate surface area is 31.9 Å². The van der Waals surface area contributed by atoms with Crippen LogP contribution in [0.25, 0.3) is 0 Å². The lowest BCUT2D eigenvalue weighted by molar-refractivity contribution is 0.216. The molecule has 0 aliphatic heterocycles. The van der Waals surface area contributed by atoms with Gasteiger partial charge in [-0.05, 0) is 13.8 Å². The molecule has 0 spiro atoms. The summed E-state index contributed by atoms with van der Waals surface area (Å²) in [6.45, 7) is -1.66. The monoisotopic (exact) mass is 64.1 g/mol. The molecule has 1 heteroatoms. The molecule has 1 nitrogen and oxygen atoms in total. The molecule has 1 N–H and O–H groups in total. The molecule has 0 aromatic rings. The number of aliphatic hydroxyl groups is 1. The van der Waals surface area contributed by atoms with Crippen molar-refractivity contribution in [3.05, 3.63) is 0 Å². The standard InChI is InChI=1S/C3H8O/c1-3(2)4/h3-4H,1-2H3/i1D3,3D. The maximum atomic E-state index is 8.46. The van der Waals surface area contributed by atoms with Gasteiger partial charge in [0.15, 0.2) is 0 Å². The summed E-state index contributed by atoms with van der Waals surface area (Å²) in [6.07, 6.45) is -2.31. The zero-order chi connectivity index (χ0) is 7.00. The summed E-state index contributed by atoms with van der Waals surface area (Å²) in [7, 11) is 0. The van der Waals surface area contributed by atoms with Gasteiger partial charge in [-0.1, -0.05) is 0 Å². The van der Waals surface area contributed by atoms with Crippen LogP contribution in [0.2, 0.25) is 0 Å². The average Bonchev–Trinajstić information content (AvgIpc) is 1.25. The van der Waals surface area contributed by atoms with Gasteiger partial charge in [0, 0.05) is 10.2 Å². The van der Waals surface area contributed by atoms with E-state index >= 15 is 0 Å². The van der Waals surface area contributed by atoms with Crippen LogP contribution in [0.5, 0.6) is 0 Å². The highest BCUT2D eigenvalue weighted by atomic mass is 16.3. The van der Waals surface area contributed by atoms with Crippen LogP contribution in [0.1, 0.15) is 19.3 Å². The van der Waals surface area contributed by atoms with E-state index in [4.69, 9.17) is 10.6 Å². The zero-order valence-electron chi connectivity index (χ0n) is 6.45. The third kappa shape index (κ3) is 1130. The highest BCUT2D eigenvalue weighted by Crippen LogP contribution is 1.65. The molecule has 1 unspecified atom stereocenters. The first kappa shape index (κ1) is 0.716. The van der Waals surface area contributed by atoms with Crippen molar-refractivity contribution < 1.29 is 10.6 Å². The SMILES string of the molecule is [2H]C([2H])([2H])C([2H])(C)O. The largest absolute Gasteiger partial charge is 0.394 e. The molecule has 0 heterocycles. The second kappa shape index (κ2) is 1.30. The highest BCUT2D eigenvalue weighted by Gasteiger charge is 1.69. The molecular weight excluding hydrogens is 52.0 g/mol.